The van der Waals surface area contributed by atoms with E-state index in [1.165, 1.54) is 19.1 Å². The summed E-state index contributed by atoms with van der Waals surface area (Å²) in [5.74, 6) is -1.31. The molecule has 8 heteroatoms. The van der Waals surface area contributed by atoms with Crippen molar-refractivity contribution in [1.29, 1.82) is 0 Å². The highest BCUT2D eigenvalue weighted by molar-refractivity contribution is 5.95. The molecule has 0 spiro atoms. The molecule has 0 aliphatic heterocycles. The summed E-state index contributed by atoms with van der Waals surface area (Å²) < 4.78 is 53.7. The van der Waals surface area contributed by atoms with E-state index in [1.807, 2.05) is 0 Å². The predicted octanol–water partition coefficient (Wildman–Crippen LogP) is 3.42. The molecule has 1 heterocycles. The molecule has 24 heavy (non-hydrogen) atoms. The lowest BCUT2D eigenvalue weighted by Gasteiger charge is -2.16. The van der Waals surface area contributed by atoms with Gasteiger partial charge in [0.05, 0.1) is 11.8 Å². The molecule has 0 aliphatic rings. The van der Waals surface area contributed by atoms with Gasteiger partial charge >= 0.3 is 6.18 Å². The molecule has 1 amide bonds. The van der Waals surface area contributed by atoms with E-state index in [0.29, 0.717) is 5.56 Å². The van der Waals surface area contributed by atoms with Crippen molar-refractivity contribution in [3.63, 3.8) is 0 Å². The highest BCUT2D eigenvalue weighted by Crippen LogP contribution is 2.32. The summed E-state index contributed by atoms with van der Waals surface area (Å²) in [7, 11) is 0. The maximum atomic E-state index is 13.6. The maximum absolute atomic E-state index is 13.6. The minimum atomic E-state index is -4.69. The van der Waals surface area contributed by atoms with Gasteiger partial charge in [0.25, 0.3) is 5.91 Å². The fraction of sp³-hybridized carbons (Fsp3) is 0.375. The number of aryl methyl sites for hydroxylation is 1. The molecule has 1 aromatic heterocycles. The Morgan fingerprint density at radius 1 is 1.33 bits per heavy atom. The standard InChI is InChI=1S/C16H17F4N3O/c1-3-23-14(16(18,19)20)12(9-21-23)15(24)22-10(2)8-11-6-4-5-7-13(11)17/h4-7,9-10H,3,8H2,1-2H3,(H,22,24)/t10-/m1/s1. The number of nitrogens with one attached hydrogen (secondary N) is 1. The van der Waals surface area contributed by atoms with Crippen molar-refractivity contribution in [3.05, 3.63) is 53.1 Å². The Kier molecular flexibility index (Phi) is 5.26. The summed E-state index contributed by atoms with van der Waals surface area (Å²) in [6.45, 7) is 3.10. The van der Waals surface area contributed by atoms with Crippen LogP contribution in [0.2, 0.25) is 0 Å². The van der Waals surface area contributed by atoms with Crippen LogP contribution in [0.1, 0.15) is 35.5 Å². The Labute approximate surface area is 136 Å². The Morgan fingerprint density at radius 3 is 2.58 bits per heavy atom. The molecule has 0 bridgehead atoms. The molecule has 0 saturated carbocycles. The van der Waals surface area contributed by atoms with Gasteiger partial charge in [0.2, 0.25) is 0 Å². The number of alkyl halides is 3. The van der Waals surface area contributed by atoms with E-state index in [1.54, 1.807) is 19.1 Å². The fourth-order valence-electron chi connectivity index (χ4n) is 2.44. The monoisotopic (exact) mass is 343 g/mol. The van der Waals surface area contributed by atoms with Gasteiger partial charge in [-0.3, -0.25) is 9.48 Å². The van der Waals surface area contributed by atoms with E-state index in [-0.39, 0.29) is 13.0 Å². The molecule has 0 fully saturated rings. The molecular weight excluding hydrogens is 326 g/mol. The molecule has 4 nitrogen and oxygen atoms in total. The molecule has 1 atom stereocenters. The second-order valence-electron chi connectivity index (χ2n) is 5.39. The lowest BCUT2D eigenvalue weighted by atomic mass is 10.1. The Balaban J connectivity index is 2.16. The third kappa shape index (κ3) is 3.93. The van der Waals surface area contributed by atoms with Crippen molar-refractivity contribution in [3.8, 4) is 0 Å². The molecule has 130 valence electrons. The van der Waals surface area contributed by atoms with Gasteiger partial charge < -0.3 is 5.32 Å². The van der Waals surface area contributed by atoms with Gasteiger partial charge in [0, 0.05) is 12.6 Å². The number of carbonyl (C=O) groups is 1. The first-order valence-corrected chi connectivity index (χ1v) is 7.41. The number of benzene rings is 1. The van der Waals surface area contributed by atoms with Crippen LogP contribution in [0, 0.1) is 5.82 Å². The smallest absolute Gasteiger partial charge is 0.349 e. The number of hydrogen-bond acceptors (Lipinski definition) is 2. The lowest BCUT2D eigenvalue weighted by Crippen LogP contribution is -2.35. The summed E-state index contributed by atoms with van der Waals surface area (Å²) in [5.41, 5.74) is -1.24. The first-order valence-electron chi connectivity index (χ1n) is 7.41. The average molecular weight is 343 g/mol. The number of carbonyl (C=O) groups excluding carboxylic acids is 1. The SMILES string of the molecule is CCn1ncc(C(=O)N[C@H](C)Cc2ccccc2F)c1C(F)(F)F. The predicted molar refractivity (Wildman–Crippen MR) is 79.9 cm³/mol. The van der Waals surface area contributed by atoms with Crippen LogP contribution in [-0.4, -0.2) is 21.7 Å². The van der Waals surface area contributed by atoms with Crippen LogP contribution in [-0.2, 0) is 19.1 Å². The third-order valence-electron chi connectivity index (χ3n) is 3.51. The summed E-state index contributed by atoms with van der Waals surface area (Å²) in [5, 5.41) is 6.07. The second-order valence-corrected chi connectivity index (χ2v) is 5.39. The van der Waals surface area contributed by atoms with Crippen molar-refractivity contribution < 1.29 is 22.4 Å². The molecule has 1 aromatic carbocycles. The number of aromatic nitrogens is 2. The zero-order valence-electron chi connectivity index (χ0n) is 13.2. The third-order valence-corrected chi connectivity index (χ3v) is 3.51. The van der Waals surface area contributed by atoms with Crippen LogP contribution in [0.5, 0.6) is 0 Å². The molecule has 2 rings (SSSR count). The quantitative estimate of drug-likeness (QED) is 0.846. The van der Waals surface area contributed by atoms with E-state index >= 15 is 0 Å². The van der Waals surface area contributed by atoms with E-state index in [0.717, 1.165) is 10.9 Å². The zero-order valence-corrected chi connectivity index (χ0v) is 13.2. The van der Waals surface area contributed by atoms with Crippen LogP contribution < -0.4 is 5.32 Å². The van der Waals surface area contributed by atoms with Gasteiger partial charge in [0.1, 0.15) is 5.82 Å². The number of rotatable bonds is 5. The van der Waals surface area contributed by atoms with E-state index < -0.39 is 35.2 Å². The van der Waals surface area contributed by atoms with Gasteiger partial charge in [0.15, 0.2) is 5.69 Å². The Bertz CT molecular complexity index is 724. The van der Waals surface area contributed by atoms with E-state index in [4.69, 9.17) is 0 Å². The molecule has 0 unspecified atom stereocenters. The average Bonchev–Trinajstić information content (AvgIpc) is 2.94. The van der Waals surface area contributed by atoms with Crippen molar-refractivity contribution in [2.45, 2.75) is 39.0 Å². The molecule has 1 N–H and O–H groups in total. The Hall–Kier alpha value is -2.38. The first kappa shape index (κ1) is 18.0. The van der Waals surface area contributed by atoms with Crippen molar-refractivity contribution in [2.75, 3.05) is 0 Å². The van der Waals surface area contributed by atoms with Crippen LogP contribution in [0.25, 0.3) is 0 Å². The summed E-state index contributed by atoms with van der Waals surface area (Å²) in [6, 6.07) is 5.50. The van der Waals surface area contributed by atoms with Gasteiger partial charge in [-0.2, -0.15) is 18.3 Å². The van der Waals surface area contributed by atoms with Gasteiger partial charge in [-0.15, -0.1) is 0 Å². The summed E-state index contributed by atoms with van der Waals surface area (Å²) in [6.07, 6.45) is -3.62. The van der Waals surface area contributed by atoms with Gasteiger partial charge in [-0.1, -0.05) is 18.2 Å². The Morgan fingerprint density at radius 2 is 2.00 bits per heavy atom. The minimum Gasteiger partial charge on any atom is -0.349 e. The molecule has 0 radical (unpaired) electrons. The fourth-order valence-corrected chi connectivity index (χ4v) is 2.44. The van der Waals surface area contributed by atoms with Crippen LogP contribution in [0.3, 0.4) is 0 Å². The van der Waals surface area contributed by atoms with E-state index in [9.17, 15) is 22.4 Å². The zero-order chi connectivity index (χ0) is 17.9. The maximum Gasteiger partial charge on any atom is 0.433 e. The largest absolute Gasteiger partial charge is 0.433 e. The highest BCUT2D eigenvalue weighted by atomic mass is 19.4. The van der Waals surface area contributed by atoms with Gasteiger partial charge in [-0.25, -0.2) is 4.39 Å². The molecule has 0 saturated heterocycles. The summed E-state index contributed by atoms with van der Waals surface area (Å²) >= 11 is 0. The number of hydrogen-bond donors (Lipinski definition) is 1. The van der Waals surface area contributed by atoms with Crippen molar-refractivity contribution in [2.24, 2.45) is 0 Å². The number of halogens is 4. The summed E-state index contributed by atoms with van der Waals surface area (Å²) in [4.78, 5) is 12.2. The lowest BCUT2D eigenvalue weighted by molar-refractivity contribution is -0.144. The normalized spacial score (nSPS) is 12.9. The second kappa shape index (κ2) is 7.02. The number of nitrogens with zero attached hydrogens (tertiary/aromatic N) is 2. The first-order chi connectivity index (χ1) is 11.2. The van der Waals surface area contributed by atoms with E-state index in [2.05, 4.69) is 10.4 Å². The molecular formula is C16H17F4N3O. The molecule has 2 aromatic rings. The van der Waals surface area contributed by atoms with Crippen molar-refractivity contribution >= 4 is 5.91 Å². The van der Waals surface area contributed by atoms with Gasteiger partial charge in [-0.05, 0) is 31.9 Å². The van der Waals surface area contributed by atoms with Crippen LogP contribution in [0.4, 0.5) is 17.6 Å². The highest BCUT2D eigenvalue weighted by Gasteiger charge is 2.39. The van der Waals surface area contributed by atoms with Crippen molar-refractivity contribution in [1.82, 2.24) is 15.1 Å². The van der Waals surface area contributed by atoms with Crippen LogP contribution in [0.15, 0.2) is 30.5 Å². The van der Waals surface area contributed by atoms with Crippen LogP contribution >= 0.6 is 0 Å². The topological polar surface area (TPSA) is 46.9 Å². The number of amides is 1. The molecule has 0 aliphatic carbocycles. The minimum absolute atomic E-state index is 0.00704.